The predicted molar refractivity (Wildman–Crippen MR) is 91.5 cm³/mol. The Morgan fingerprint density at radius 2 is 1.73 bits per heavy atom. The average molecular weight is 317 g/mol. The fraction of sp³-hybridized carbons (Fsp3) is 0.278. The number of ketones is 1. The maximum absolute atomic E-state index is 12.1. The van der Waals surface area contributed by atoms with Crippen LogP contribution in [0.2, 0.25) is 5.02 Å². The standard InChI is InChI=1S/C18H21ClN2O/c1-21(2)17(14-8-10-16(19)11-9-14)12-20-13-18(22)15-6-4-3-5-7-15/h3-11,17,20H,12-13H2,1-2H3. The largest absolute Gasteiger partial charge is 0.308 e. The maximum Gasteiger partial charge on any atom is 0.176 e. The zero-order valence-corrected chi connectivity index (χ0v) is 13.7. The lowest BCUT2D eigenvalue weighted by molar-refractivity contribution is 0.0988. The number of nitrogens with one attached hydrogen (secondary N) is 1. The van der Waals surface area contributed by atoms with Gasteiger partial charge >= 0.3 is 0 Å². The molecule has 0 amide bonds. The topological polar surface area (TPSA) is 32.3 Å². The molecule has 0 fully saturated rings. The molecule has 0 bridgehead atoms. The minimum atomic E-state index is 0.106. The Balaban J connectivity index is 1.92. The van der Waals surface area contributed by atoms with E-state index < -0.39 is 0 Å². The third-order valence-corrected chi connectivity index (χ3v) is 3.85. The quantitative estimate of drug-likeness (QED) is 0.794. The molecule has 0 saturated heterocycles. The average Bonchev–Trinajstić information content (AvgIpc) is 2.53. The molecule has 1 N–H and O–H groups in total. The molecule has 0 aliphatic rings. The highest BCUT2D eigenvalue weighted by Crippen LogP contribution is 2.19. The van der Waals surface area contributed by atoms with Gasteiger partial charge in [0.2, 0.25) is 0 Å². The van der Waals surface area contributed by atoms with Gasteiger partial charge in [0.15, 0.2) is 5.78 Å². The fourth-order valence-electron chi connectivity index (χ4n) is 2.33. The number of carbonyl (C=O) groups is 1. The zero-order valence-electron chi connectivity index (χ0n) is 12.9. The molecule has 2 rings (SSSR count). The van der Waals surface area contributed by atoms with E-state index in [0.717, 1.165) is 10.6 Å². The molecule has 116 valence electrons. The summed E-state index contributed by atoms with van der Waals surface area (Å²) in [5, 5.41) is 3.98. The van der Waals surface area contributed by atoms with Crippen LogP contribution in [-0.2, 0) is 0 Å². The van der Waals surface area contributed by atoms with Crippen LogP contribution < -0.4 is 5.32 Å². The van der Waals surface area contributed by atoms with E-state index in [1.807, 2.05) is 68.7 Å². The van der Waals surface area contributed by atoms with Crippen LogP contribution in [0.5, 0.6) is 0 Å². The van der Waals surface area contributed by atoms with Crippen LogP contribution in [0.15, 0.2) is 54.6 Å². The van der Waals surface area contributed by atoms with Gasteiger partial charge in [-0.05, 0) is 31.8 Å². The van der Waals surface area contributed by atoms with E-state index in [1.165, 1.54) is 5.56 Å². The highest BCUT2D eigenvalue weighted by molar-refractivity contribution is 6.30. The van der Waals surface area contributed by atoms with E-state index in [4.69, 9.17) is 11.6 Å². The number of rotatable bonds is 7. The third kappa shape index (κ3) is 4.67. The highest BCUT2D eigenvalue weighted by atomic mass is 35.5. The first-order valence-corrected chi connectivity index (χ1v) is 7.66. The normalized spacial score (nSPS) is 12.4. The van der Waals surface area contributed by atoms with Crippen molar-refractivity contribution in [3.8, 4) is 0 Å². The molecule has 0 saturated carbocycles. The molecule has 2 aromatic carbocycles. The van der Waals surface area contributed by atoms with Gasteiger partial charge in [0, 0.05) is 23.2 Å². The van der Waals surface area contributed by atoms with Gasteiger partial charge < -0.3 is 10.2 Å². The molecule has 0 aromatic heterocycles. The van der Waals surface area contributed by atoms with Gasteiger partial charge in [-0.1, -0.05) is 54.1 Å². The van der Waals surface area contributed by atoms with Gasteiger partial charge in [0.05, 0.1) is 6.54 Å². The molecule has 0 aliphatic heterocycles. The first-order chi connectivity index (χ1) is 10.6. The van der Waals surface area contributed by atoms with Crippen LogP contribution in [0.4, 0.5) is 0 Å². The summed E-state index contributed by atoms with van der Waals surface area (Å²) in [5.74, 6) is 0.106. The van der Waals surface area contributed by atoms with Crippen molar-refractivity contribution in [2.45, 2.75) is 6.04 Å². The predicted octanol–water partition coefficient (Wildman–Crippen LogP) is 3.42. The SMILES string of the molecule is CN(C)C(CNCC(=O)c1ccccc1)c1ccc(Cl)cc1. The summed E-state index contributed by atoms with van der Waals surface area (Å²) >= 11 is 5.94. The Morgan fingerprint density at radius 3 is 2.32 bits per heavy atom. The summed E-state index contributed by atoms with van der Waals surface area (Å²) < 4.78 is 0. The van der Waals surface area contributed by atoms with Crippen LogP contribution in [0.25, 0.3) is 0 Å². The molecule has 4 heteroatoms. The van der Waals surface area contributed by atoms with E-state index in [2.05, 4.69) is 10.2 Å². The van der Waals surface area contributed by atoms with Crippen molar-refractivity contribution >= 4 is 17.4 Å². The summed E-state index contributed by atoms with van der Waals surface area (Å²) in [7, 11) is 4.06. The van der Waals surface area contributed by atoms with Crippen molar-refractivity contribution in [1.82, 2.24) is 10.2 Å². The van der Waals surface area contributed by atoms with E-state index in [9.17, 15) is 4.79 Å². The van der Waals surface area contributed by atoms with Crippen LogP contribution >= 0.6 is 11.6 Å². The first kappa shape index (κ1) is 16.7. The second-order valence-corrected chi connectivity index (χ2v) is 5.89. The summed E-state index contributed by atoms with van der Waals surface area (Å²) in [6, 6.07) is 17.4. The summed E-state index contributed by atoms with van der Waals surface area (Å²) in [6.07, 6.45) is 0. The van der Waals surface area contributed by atoms with E-state index in [1.54, 1.807) is 0 Å². The number of carbonyl (C=O) groups excluding carboxylic acids is 1. The van der Waals surface area contributed by atoms with Crippen LogP contribution in [0.3, 0.4) is 0 Å². The summed E-state index contributed by atoms with van der Waals surface area (Å²) in [6.45, 7) is 1.04. The van der Waals surface area contributed by atoms with E-state index in [0.29, 0.717) is 13.1 Å². The van der Waals surface area contributed by atoms with Crippen molar-refractivity contribution in [2.24, 2.45) is 0 Å². The summed E-state index contributed by atoms with van der Waals surface area (Å²) in [5.41, 5.74) is 1.91. The Hall–Kier alpha value is -1.68. The second-order valence-electron chi connectivity index (χ2n) is 5.45. The lowest BCUT2D eigenvalue weighted by atomic mass is 10.1. The molecule has 1 atom stereocenters. The lowest BCUT2D eigenvalue weighted by Gasteiger charge is -2.25. The number of nitrogens with zero attached hydrogens (tertiary/aromatic N) is 1. The fourth-order valence-corrected chi connectivity index (χ4v) is 2.46. The van der Waals surface area contributed by atoms with Crippen molar-refractivity contribution < 1.29 is 4.79 Å². The van der Waals surface area contributed by atoms with Gasteiger partial charge in [0.1, 0.15) is 0 Å². The van der Waals surface area contributed by atoms with E-state index in [-0.39, 0.29) is 11.8 Å². The van der Waals surface area contributed by atoms with Gasteiger partial charge in [-0.2, -0.15) is 0 Å². The smallest absolute Gasteiger partial charge is 0.176 e. The molecule has 0 spiro atoms. The minimum absolute atomic E-state index is 0.106. The molecule has 0 aliphatic carbocycles. The zero-order chi connectivity index (χ0) is 15.9. The Morgan fingerprint density at radius 1 is 1.09 bits per heavy atom. The minimum Gasteiger partial charge on any atom is -0.308 e. The number of hydrogen-bond acceptors (Lipinski definition) is 3. The Labute approximate surface area is 136 Å². The second kappa shape index (κ2) is 8.08. The van der Waals surface area contributed by atoms with Gasteiger partial charge in [0.25, 0.3) is 0 Å². The number of benzene rings is 2. The molecule has 1 unspecified atom stereocenters. The lowest BCUT2D eigenvalue weighted by Crippen LogP contribution is -2.33. The number of hydrogen-bond donors (Lipinski definition) is 1. The van der Waals surface area contributed by atoms with Gasteiger partial charge in [-0.3, -0.25) is 4.79 Å². The van der Waals surface area contributed by atoms with E-state index >= 15 is 0 Å². The molecule has 2 aromatic rings. The van der Waals surface area contributed by atoms with Crippen molar-refractivity contribution in [3.63, 3.8) is 0 Å². The number of Topliss-reactive ketones (excluding diaryl/α,β-unsaturated/α-hetero) is 1. The van der Waals surface area contributed by atoms with Crippen molar-refractivity contribution in [1.29, 1.82) is 0 Å². The van der Waals surface area contributed by atoms with Crippen LogP contribution in [-0.4, -0.2) is 37.9 Å². The van der Waals surface area contributed by atoms with Gasteiger partial charge in [-0.15, -0.1) is 0 Å². The van der Waals surface area contributed by atoms with Crippen LogP contribution in [0.1, 0.15) is 22.0 Å². The molecule has 0 heterocycles. The Bertz CT molecular complexity index is 596. The summed E-state index contributed by atoms with van der Waals surface area (Å²) in [4.78, 5) is 14.2. The van der Waals surface area contributed by atoms with Crippen molar-refractivity contribution in [3.05, 3.63) is 70.7 Å². The molecular formula is C18H21ClN2O. The number of likely N-dealkylation sites (N-methyl/N-ethyl adjacent to an activating group) is 1. The Kier molecular flexibility index (Phi) is 6.13. The maximum atomic E-state index is 12.1. The van der Waals surface area contributed by atoms with Crippen molar-refractivity contribution in [2.75, 3.05) is 27.2 Å². The molecule has 3 nitrogen and oxygen atoms in total. The number of halogens is 1. The van der Waals surface area contributed by atoms with Gasteiger partial charge in [-0.25, -0.2) is 0 Å². The molecular weight excluding hydrogens is 296 g/mol. The highest BCUT2D eigenvalue weighted by Gasteiger charge is 2.14. The molecule has 0 radical (unpaired) electrons. The monoisotopic (exact) mass is 316 g/mol. The molecule has 22 heavy (non-hydrogen) atoms. The first-order valence-electron chi connectivity index (χ1n) is 7.29. The third-order valence-electron chi connectivity index (χ3n) is 3.60. The van der Waals surface area contributed by atoms with Crippen LogP contribution in [0, 0.1) is 0 Å².